The third-order valence-electron chi connectivity index (χ3n) is 4.16. The van der Waals surface area contributed by atoms with Gasteiger partial charge in [0.25, 0.3) is 0 Å². The molecule has 2 atom stereocenters. The van der Waals surface area contributed by atoms with Crippen molar-refractivity contribution in [1.29, 1.82) is 0 Å². The molecule has 2 bridgehead atoms. The summed E-state index contributed by atoms with van der Waals surface area (Å²) < 4.78 is 63.9. The minimum absolute atomic E-state index is 0.00337. The molecule has 2 aliphatic heterocycles. The van der Waals surface area contributed by atoms with E-state index in [0.29, 0.717) is 6.54 Å². The van der Waals surface area contributed by atoms with E-state index in [2.05, 4.69) is 9.08 Å². The summed E-state index contributed by atoms with van der Waals surface area (Å²) in [7, 11) is -5.56. The molecule has 2 unspecified atom stereocenters. The summed E-state index contributed by atoms with van der Waals surface area (Å²) in [6.07, 6.45) is 2.23. The van der Waals surface area contributed by atoms with Gasteiger partial charge in [-0.2, -0.15) is 21.6 Å². The first-order valence-corrected chi connectivity index (χ1v) is 8.68. The molecule has 0 saturated carbocycles. The van der Waals surface area contributed by atoms with E-state index in [0.717, 1.165) is 24.1 Å². The fraction of sp³-hybridized carbons (Fsp3) is 0.467. The minimum Gasteiger partial charge on any atom is -0.368 e. The predicted molar refractivity (Wildman–Crippen MR) is 77.6 cm³/mol. The molecule has 0 radical (unpaired) electrons. The van der Waals surface area contributed by atoms with Gasteiger partial charge in [-0.3, -0.25) is 4.18 Å². The van der Waals surface area contributed by atoms with Gasteiger partial charge in [0.15, 0.2) is 0 Å². The van der Waals surface area contributed by atoms with Crippen molar-refractivity contribution in [3.05, 3.63) is 47.7 Å². The summed E-state index contributed by atoms with van der Waals surface area (Å²) in [5.74, 6) is 0. The Morgan fingerprint density at radius 1 is 1.22 bits per heavy atom. The Morgan fingerprint density at radius 2 is 1.91 bits per heavy atom. The fourth-order valence-corrected chi connectivity index (χ4v) is 3.69. The molecule has 1 aromatic rings. The van der Waals surface area contributed by atoms with Crippen LogP contribution >= 0.6 is 0 Å². The van der Waals surface area contributed by atoms with Crippen molar-refractivity contribution in [2.75, 3.05) is 0 Å². The van der Waals surface area contributed by atoms with Crippen molar-refractivity contribution < 1.29 is 25.8 Å². The maximum absolute atomic E-state index is 12.4. The Bertz CT molecular complexity index is 700. The van der Waals surface area contributed by atoms with Crippen LogP contribution in [0.4, 0.5) is 13.2 Å². The zero-order valence-electron chi connectivity index (χ0n) is 12.2. The van der Waals surface area contributed by atoms with Gasteiger partial charge in [0.1, 0.15) is 0 Å². The number of halogens is 3. The molecule has 0 spiro atoms. The number of alkyl halides is 3. The van der Waals surface area contributed by atoms with Crippen molar-refractivity contribution in [2.45, 2.75) is 43.5 Å². The number of hydrogen-bond donors (Lipinski definition) is 0. The molecule has 3 rings (SSSR count). The lowest BCUT2D eigenvalue weighted by molar-refractivity contribution is -0.0569. The van der Waals surface area contributed by atoms with Crippen LogP contribution in [-0.2, 0) is 20.8 Å². The molecule has 2 aliphatic rings. The molecule has 0 aromatic heterocycles. The van der Waals surface area contributed by atoms with E-state index in [1.54, 1.807) is 0 Å². The topological polar surface area (TPSA) is 46.6 Å². The first-order valence-electron chi connectivity index (χ1n) is 7.27. The zero-order valence-corrected chi connectivity index (χ0v) is 13.0. The lowest BCUT2D eigenvalue weighted by atomic mass is 10.0. The van der Waals surface area contributed by atoms with Crippen LogP contribution < -0.4 is 0 Å². The van der Waals surface area contributed by atoms with Crippen LogP contribution in [0.1, 0.15) is 24.8 Å². The van der Waals surface area contributed by atoms with Crippen LogP contribution in [0.5, 0.6) is 0 Å². The molecular weight excluding hydrogens is 331 g/mol. The Balaban J connectivity index is 1.74. The first-order chi connectivity index (χ1) is 10.8. The number of benzene rings is 1. The molecule has 1 aromatic carbocycles. The number of rotatable bonds is 4. The Hall–Kier alpha value is -1.54. The SMILES string of the molecule is O=S(=O)(OC1C=C2CCC(C1)N2Cc1ccccc1)C(F)(F)F. The van der Waals surface area contributed by atoms with E-state index < -0.39 is 21.7 Å². The van der Waals surface area contributed by atoms with Gasteiger partial charge in [-0.15, -0.1) is 0 Å². The summed E-state index contributed by atoms with van der Waals surface area (Å²) in [6.45, 7) is 0.663. The van der Waals surface area contributed by atoms with Crippen molar-refractivity contribution in [1.82, 2.24) is 4.90 Å². The van der Waals surface area contributed by atoms with Gasteiger partial charge in [0.05, 0.1) is 6.10 Å². The number of allylic oxidation sites excluding steroid dienone is 1. The maximum atomic E-state index is 12.4. The summed E-state index contributed by atoms with van der Waals surface area (Å²) >= 11 is 0. The molecule has 0 amide bonds. The normalized spacial score (nSPS) is 24.7. The summed E-state index contributed by atoms with van der Waals surface area (Å²) in [5, 5.41) is 0. The van der Waals surface area contributed by atoms with Gasteiger partial charge in [0, 0.05) is 18.3 Å². The second-order valence-electron chi connectivity index (χ2n) is 5.73. The second-order valence-corrected chi connectivity index (χ2v) is 7.30. The molecule has 0 N–H and O–H groups in total. The van der Waals surface area contributed by atoms with E-state index in [-0.39, 0.29) is 12.5 Å². The van der Waals surface area contributed by atoms with Gasteiger partial charge in [-0.05, 0) is 30.9 Å². The Kier molecular flexibility index (Phi) is 4.14. The molecule has 23 heavy (non-hydrogen) atoms. The monoisotopic (exact) mass is 347 g/mol. The largest absolute Gasteiger partial charge is 0.523 e. The molecule has 126 valence electrons. The van der Waals surface area contributed by atoms with E-state index in [1.165, 1.54) is 6.08 Å². The quantitative estimate of drug-likeness (QED) is 0.620. The fourth-order valence-electron chi connectivity index (χ4n) is 3.12. The molecule has 8 heteroatoms. The molecular formula is C15H16F3NO3S. The van der Waals surface area contributed by atoms with Crippen molar-refractivity contribution in [2.24, 2.45) is 0 Å². The minimum atomic E-state index is -5.56. The lowest BCUT2D eigenvalue weighted by Crippen LogP contribution is -2.38. The van der Waals surface area contributed by atoms with E-state index in [4.69, 9.17) is 0 Å². The van der Waals surface area contributed by atoms with Crippen molar-refractivity contribution in [3.63, 3.8) is 0 Å². The highest BCUT2D eigenvalue weighted by molar-refractivity contribution is 7.87. The van der Waals surface area contributed by atoms with E-state index in [9.17, 15) is 21.6 Å². The van der Waals surface area contributed by atoms with E-state index in [1.807, 2.05) is 30.3 Å². The number of nitrogens with zero attached hydrogens (tertiary/aromatic N) is 1. The summed E-state index contributed by atoms with van der Waals surface area (Å²) in [4.78, 5) is 2.12. The van der Waals surface area contributed by atoms with E-state index >= 15 is 0 Å². The second kappa shape index (κ2) is 5.83. The average Bonchev–Trinajstić information content (AvgIpc) is 2.69. The van der Waals surface area contributed by atoms with Crippen LogP contribution in [0.15, 0.2) is 42.1 Å². The standard InChI is InChI=1S/C15H16F3NO3S/c16-15(17,18)23(20,21)22-14-8-12-6-7-13(9-14)19(12)10-11-4-2-1-3-5-11/h1-5,8,13-14H,6-7,9-10H2. The van der Waals surface area contributed by atoms with Gasteiger partial charge in [0.2, 0.25) is 0 Å². The molecule has 0 aliphatic carbocycles. The first kappa shape index (κ1) is 16.3. The lowest BCUT2D eigenvalue weighted by Gasteiger charge is -2.34. The maximum Gasteiger partial charge on any atom is 0.523 e. The van der Waals surface area contributed by atoms with Crippen LogP contribution in [0.3, 0.4) is 0 Å². The van der Waals surface area contributed by atoms with Crippen molar-refractivity contribution in [3.8, 4) is 0 Å². The zero-order chi connectivity index (χ0) is 16.7. The van der Waals surface area contributed by atoms with Gasteiger partial charge in [-0.25, -0.2) is 0 Å². The average molecular weight is 347 g/mol. The molecule has 2 heterocycles. The number of fused-ring (bicyclic) bond motifs is 2. The van der Waals surface area contributed by atoms with Gasteiger partial charge >= 0.3 is 15.6 Å². The smallest absolute Gasteiger partial charge is 0.368 e. The van der Waals surface area contributed by atoms with Crippen LogP contribution in [-0.4, -0.2) is 31.0 Å². The number of hydrogen-bond acceptors (Lipinski definition) is 4. The van der Waals surface area contributed by atoms with Gasteiger partial charge in [-0.1, -0.05) is 30.3 Å². The van der Waals surface area contributed by atoms with Crippen molar-refractivity contribution >= 4 is 10.1 Å². The third kappa shape index (κ3) is 3.37. The Labute approximate surface area is 132 Å². The van der Waals surface area contributed by atoms with Gasteiger partial charge < -0.3 is 4.90 Å². The highest BCUT2D eigenvalue weighted by Crippen LogP contribution is 2.38. The predicted octanol–water partition coefficient (Wildman–Crippen LogP) is 3.17. The highest BCUT2D eigenvalue weighted by Gasteiger charge is 2.49. The molecule has 4 nitrogen and oxygen atoms in total. The summed E-state index contributed by atoms with van der Waals surface area (Å²) in [6, 6.07) is 9.74. The van der Waals surface area contributed by atoms with Crippen LogP contribution in [0, 0.1) is 0 Å². The highest BCUT2D eigenvalue weighted by atomic mass is 32.2. The molecule has 1 saturated heterocycles. The Morgan fingerprint density at radius 3 is 2.52 bits per heavy atom. The summed E-state index contributed by atoms with van der Waals surface area (Å²) in [5.41, 5.74) is -3.42. The van der Waals surface area contributed by atoms with Crippen LogP contribution in [0.25, 0.3) is 0 Å². The molecule has 1 fully saturated rings. The third-order valence-corrected chi connectivity index (χ3v) is 5.22. The van der Waals surface area contributed by atoms with Crippen LogP contribution in [0.2, 0.25) is 0 Å².